The minimum absolute atomic E-state index is 0.00400. The van der Waals surface area contributed by atoms with Gasteiger partial charge in [-0.25, -0.2) is 4.98 Å². The summed E-state index contributed by atoms with van der Waals surface area (Å²) in [5, 5.41) is 0. The van der Waals surface area contributed by atoms with Crippen LogP contribution < -0.4 is 0 Å². The first-order chi connectivity index (χ1) is 12.7. The number of nitrogens with zero attached hydrogens (tertiary/aromatic N) is 3. The summed E-state index contributed by atoms with van der Waals surface area (Å²) in [6.45, 7) is 4.20. The van der Waals surface area contributed by atoms with Crippen LogP contribution in [0, 0.1) is 0 Å². The van der Waals surface area contributed by atoms with Crippen LogP contribution in [0.1, 0.15) is 33.5 Å². The van der Waals surface area contributed by atoms with E-state index in [0.717, 1.165) is 23.3 Å². The maximum atomic E-state index is 12.8. The number of fused-ring (bicyclic) bond motifs is 1. The Morgan fingerprint density at radius 1 is 1.04 bits per heavy atom. The molecule has 0 aliphatic carbocycles. The number of amides is 2. The number of benzene rings is 1. The second-order valence-corrected chi connectivity index (χ2v) is 6.45. The van der Waals surface area contributed by atoms with E-state index in [0.29, 0.717) is 37.3 Å². The molecule has 4 rings (SSSR count). The van der Waals surface area contributed by atoms with Crippen molar-refractivity contribution in [2.75, 3.05) is 26.2 Å². The van der Waals surface area contributed by atoms with Crippen LogP contribution in [0.3, 0.4) is 0 Å². The van der Waals surface area contributed by atoms with Gasteiger partial charge in [-0.05, 0) is 24.3 Å². The topological polar surface area (TPSA) is 85.1 Å². The van der Waals surface area contributed by atoms with Crippen molar-refractivity contribution in [2.45, 2.75) is 13.3 Å². The van der Waals surface area contributed by atoms with Gasteiger partial charge in [0.05, 0.1) is 16.6 Å². The number of carbonyl (C=O) groups excluding carboxylic acids is 2. The molecule has 0 unspecified atom stereocenters. The Kier molecular flexibility index (Phi) is 4.20. The standard InChI is InChI=1S/C19H21N5O2/c1-2-17-21-15-4-3-13(11-16(15)22-17)18(25)23-7-9-24(10-8-23)19(26)14-5-6-20-12-14/h3-6,11-12,20H,2,7-10H2,1H3,(H,21,22). The summed E-state index contributed by atoms with van der Waals surface area (Å²) in [6.07, 6.45) is 4.27. The average molecular weight is 351 g/mol. The molecule has 1 aliphatic rings. The SMILES string of the molecule is CCc1nc2ccc(C(=O)N3CCN(C(=O)c4cc[nH]c4)CC3)cc2[nH]1. The molecule has 7 nitrogen and oxygen atoms in total. The first-order valence-electron chi connectivity index (χ1n) is 8.85. The molecule has 1 aromatic carbocycles. The number of nitrogens with one attached hydrogen (secondary N) is 2. The van der Waals surface area contributed by atoms with Gasteiger partial charge in [-0.3, -0.25) is 9.59 Å². The van der Waals surface area contributed by atoms with Gasteiger partial charge in [-0.2, -0.15) is 0 Å². The molecule has 3 aromatic rings. The minimum Gasteiger partial charge on any atom is -0.367 e. The summed E-state index contributed by atoms with van der Waals surface area (Å²) in [7, 11) is 0. The van der Waals surface area contributed by atoms with Crippen LogP contribution >= 0.6 is 0 Å². The third kappa shape index (κ3) is 2.96. The number of aromatic nitrogens is 3. The predicted octanol–water partition coefficient (Wildman–Crippen LogP) is 2.05. The van der Waals surface area contributed by atoms with E-state index in [1.54, 1.807) is 28.3 Å². The van der Waals surface area contributed by atoms with Crippen LogP contribution in [0.5, 0.6) is 0 Å². The number of hydrogen-bond donors (Lipinski definition) is 2. The van der Waals surface area contributed by atoms with Crippen molar-refractivity contribution in [3.63, 3.8) is 0 Å². The normalized spacial score (nSPS) is 14.8. The lowest BCUT2D eigenvalue weighted by Crippen LogP contribution is -2.50. The van der Waals surface area contributed by atoms with E-state index < -0.39 is 0 Å². The fourth-order valence-electron chi connectivity index (χ4n) is 3.30. The second kappa shape index (κ2) is 6.67. The van der Waals surface area contributed by atoms with E-state index in [1.807, 2.05) is 25.1 Å². The monoisotopic (exact) mass is 351 g/mol. The van der Waals surface area contributed by atoms with Gasteiger partial charge in [0.15, 0.2) is 0 Å². The molecule has 2 aromatic heterocycles. The summed E-state index contributed by atoms with van der Waals surface area (Å²) in [4.78, 5) is 39.4. The molecule has 3 heterocycles. The largest absolute Gasteiger partial charge is 0.367 e. The number of imidazole rings is 1. The van der Waals surface area contributed by atoms with Gasteiger partial charge < -0.3 is 19.8 Å². The molecule has 0 bridgehead atoms. The van der Waals surface area contributed by atoms with Gasteiger partial charge in [0, 0.05) is 50.6 Å². The highest BCUT2D eigenvalue weighted by Crippen LogP contribution is 2.17. The molecule has 2 amide bonds. The molecule has 1 fully saturated rings. The Morgan fingerprint density at radius 2 is 1.73 bits per heavy atom. The fraction of sp³-hybridized carbons (Fsp3) is 0.316. The molecule has 7 heteroatoms. The van der Waals surface area contributed by atoms with E-state index in [2.05, 4.69) is 15.0 Å². The zero-order valence-electron chi connectivity index (χ0n) is 14.7. The predicted molar refractivity (Wildman–Crippen MR) is 98.1 cm³/mol. The van der Waals surface area contributed by atoms with Gasteiger partial charge in [0.25, 0.3) is 11.8 Å². The Hall–Kier alpha value is -3.09. The summed E-state index contributed by atoms with van der Waals surface area (Å²) in [5.74, 6) is 0.916. The van der Waals surface area contributed by atoms with Crippen LogP contribution in [0.25, 0.3) is 11.0 Å². The number of hydrogen-bond acceptors (Lipinski definition) is 3. The number of aryl methyl sites for hydroxylation is 1. The van der Waals surface area contributed by atoms with Crippen molar-refractivity contribution in [1.82, 2.24) is 24.8 Å². The lowest BCUT2D eigenvalue weighted by Gasteiger charge is -2.34. The lowest BCUT2D eigenvalue weighted by molar-refractivity contribution is 0.0535. The number of carbonyl (C=O) groups is 2. The summed E-state index contributed by atoms with van der Waals surface area (Å²) < 4.78 is 0. The van der Waals surface area contributed by atoms with E-state index in [-0.39, 0.29) is 11.8 Å². The first kappa shape index (κ1) is 16.4. The zero-order valence-corrected chi connectivity index (χ0v) is 14.7. The highest BCUT2D eigenvalue weighted by atomic mass is 16.2. The van der Waals surface area contributed by atoms with Gasteiger partial charge in [0.2, 0.25) is 0 Å². The molecular weight excluding hydrogens is 330 g/mol. The number of aromatic amines is 2. The number of piperazine rings is 1. The Morgan fingerprint density at radius 3 is 2.35 bits per heavy atom. The van der Waals surface area contributed by atoms with E-state index >= 15 is 0 Å². The third-order valence-electron chi connectivity index (χ3n) is 4.81. The molecule has 0 radical (unpaired) electrons. The molecular formula is C19H21N5O2. The van der Waals surface area contributed by atoms with Crippen LogP contribution in [0.2, 0.25) is 0 Å². The van der Waals surface area contributed by atoms with Gasteiger partial charge >= 0.3 is 0 Å². The summed E-state index contributed by atoms with van der Waals surface area (Å²) in [6, 6.07) is 7.33. The Balaban J connectivity index is 1.44. The van der Waals surface area contributed by atoms with Crippen LogP contribution in [0.15, 0.2) is 36.7 Å². The van der Waals surface area contributed by atoms with Gasteiger partial charge in [-0.1, -0.05) is 6.92 Å². The number of rotatable bonds is 3. The van der Waals surface area contributed by atoms with Crippen molar-refractivity contribution in [3.05, 3.63) is 53.6 Å². The van der Waals surface area contributed by atoms with Crippen LogP contribution in [-0.2, 0) is 6.42 Å². The van der Waals surface area contributed by atoms with E-state index in [1.165, 1.54) is 0 Å². The van der Waals surface area contributed by atoms with Crippen molar-refractivity contribution < 1.29 is 9.59 Å². The first-order valence-corrected chi connectivity index (χ1v) is 8.85. The fourth-order valence-corrected chi connectivity index (χ4v) is 3.30. The van der Waals surface area contributed by atoms with Crippen molar-refractivity contribution in [2.24, 2.45) is 0 Å². The zero-order chi connectivity index (χ0) is 18.1. The van der Waals surface area contributed by atoms with Crippen molar-refractivity contribution >= 4 is 22.8 Å². The molecule has 0 spiro atoms. The molecule has 0 saturated carbocycles. The second-order valence-electron chi connectivity index (χ2n) is 6.45. The lowest BCUT2D eigenvalue weighted by atomic mass is 10.1. The van der Waals surface area contributed by atoms with E-state index in [9.17, 15) is 9.59 Å². The average Bonchev–Trinajstić information content (AvgIpc) is 3.35. The molecule has 2 N–H and O–H groups in total. The molecule has 1 aliphatic heterocycles. The van der Waals surface area contributed by atoms with Crippen LogP contribution in [0.4, 0.5) is 0 Å². The maximum Gasteiger partial charge on any atom is 0.255 e. The minimum atomic E-state index is -0.00621. The molecule has 0 atom stereocenters. The third-order valence-corrected chi connectivity index (χ3v) is 4.81. The van der Waals surface area contributed by atoms with Crippen molar-refractivity contribution in [3.8, 4) is 0 Å². The van der Waals surface area contributed by atoms with Crippen molar-refractivity contribution in [1.29, 1.82) is 0 Å². The Labute approximate surface area is 151 Å². The quantitative estimate of drug-likeness (QED) is 0.757. The molecule has 26 heavy (non-hydrogen) atoms. The molecule has 134 valence electrons. The van der Waals surface area contributed by atoms with Crippen LogP contribution in [-0.4, -0.2) is 62.7 Å². The maximum absolute atomic E-state index is 12.8. The summed E-state index contributed by atoms with van der Waals surface area (Å²) in [5.41, 5.74) is 3.06. The summed E-state index contributed by atoms with van der Waals surface area (Å²) >= 11 is 0. The van der Waals surface area contributed by atoms with Gasteiger partial charge in [-0.15, -0.1) is 0 Å². The van der Waals surface area contributed by atoms with E-state index in [4.69, 9.17) is 0 Å². The molecule has 1 saturated heterocycles. The Bertz CT molecular complexity index is 936. The highest BCUT2D eigenvalue weighted by molar-refractivity contribution is 5.98. The smallest absolute Gasteiger partial charge is 0.255 e. The highest BCUT2D eigenvalue weighted by Gasteiger charge is 2.25. The van der Waals surface area contributed by atoms with Gasteiger partial charge in [0.1, 0.15) is 5.82 Å². The number of H-pyrrole nitrogens is 2.